The highest BCUT2D eigenvalue weighted by atomic mass is 32.2. The Morgan fingerprint density at radius 2 is 1.58 bits per heavy atom. The minimum absolute atomic E-state index is 0.291. The summed E-state index contributed by atoms with van der Waals surface area (Å²) in [6.07, 6.45) is 5.13. The van der Waals surface area contributed by atoms with Gasteiger partial charge in [0.1, 0.15) is 10.7 Å². The Morgan fingerprint density at radius 3 is 2.23 bits per heavy atom. The van der Waals surface area contributed by atoms with Gasteiger partial charge in [0.15, 0.2) is 13.8 Å². The van der Waals surface area contributed by atoms with E-state index in [1.54, 1.807) is 18.6 Å². The fraction of sp³-hybridized carbons (Fsp3) is 0. The maximum Gasteiger partial charge on any atom is 0.277 e. The molecule has 0 aliphatic carbocycles. The van der Waals surface area contributed by atoms with Gasteiger partial charge in [-0.15, -0.1) is 34.0 Å². The molecule has 4 rings (SSSR count). The number of nitrogens with zero attached hydrogens (tertiary/aromatic N) is 4. The van der Waals surface area contributed by atoms with Gasteiger partial charge in [-0.3, -0.25) is 10.1 Å². The van der Waals surface area contributed by atoms with Crippen LogP contribution in [0.4, 0.5) is 5.13 Å². The number of carbonyl (C=O) groups is 1. The molecular weight excluding hydrogens is 427 g/mol. The number of thiazole rings is 3. The minimum atomic E-state index is -0.291. The second-order valence-corrected chi connectivity index (χ2v) is 9.83. The predicted molar refractivity (Wildman–Crippen MR) is 107 cm³/mol. The van der Waals surface area contributed by atoms with Gasteiger partial charge >= 0.3 is 0 Å². The number of hydrogen-bond donors (Lipinski definition) is 1. The van der Waals surface area contributed by atoms with Crippen LogP contribution in [0.3, 0.4) is 0 Å². The molecule has 1 amide bonds. The number of aromatic nitrogens is 4. The summed E-state index contributed by atoms with van der Waals surface area (Å²) < 4.78 is 1.74. The van der Waals surface area contributed by atoms with Crippen molar-refractivity contribution in [3.63, 3.8) is 0 Å². The van der Waals surface area contributed by atoms with Crippen molar-refractivity contribution in [3.8, 4) is 0 Å². The molecule has 4 heterocycles. The molecule has 4 aromatic rings. The molecule has 0 aliphatic heterocycles. The molecule has 1 N–H and O–H groups in total. The Kier molecular flexibility index (Phi) is 5.60. The van der Waals surface area contributed by atoms with Crippen LogP contribution in [-0.4, -0.2) is 25.8 Å². The van der Waals surface area contributed by atoms with Crippen molar-refractivity contribution in [3.05, 3.63) is 52.6 Å². The van der Waals surface area contributed by atoms with E-state index in [4.69, 9.17) is 0 Å². The predicted octanol–water partition coefficient (Wildman–Crippen LogP) is 5.01. The first-order valence-corrected chi connectivity index (χ1v) is 11.4. The molecule has 0 spiro atoms. The molecule has 0 atom stereocenters. The molecule has 0 radical (unpaired) electrons. The van der Waals surface area contributed by atoms with Gasteiger partial charge < -0.3 is 0 Å². The van der Waals surface area contributed by atoms with Crippen molar-refractivity contribution in [2.24, 2.45) is 0 Å². The van der Waals surface area contributed by atoms with E-state index < -0.39 is 0 Å². The van der Waals surface area contributed by atoms with Crippen LogP contribution in [0.2, 0.25) is 0 Å². The summed E-state index contributed by atoms with van der Waals surface area (Å²) in [5.41, 5.74) is 0.349. The smallest absolute Gasteiger partial charge is 0.277 e. The maximum atomic E-state index is 12.8. The van der Waals surface area contributed by atoms with E-state index in [9.17, 15) is 4.79 Å². The highest BCUT2D eigenvalue weighted by molar-refractivity contribution is 8.01. The second-order valence-electron chi connectivity index (χ2n) is 4.59. The van der Waals surface area contributed by atoms with Gasteiger partial charge in [-0.05, 0) is 23.9 Å². The van der Waals surface area contributed by atoms with Crippen molar-refractivity contribution >= 4 is 68.6 Å². The van der Waals surface area contributed by atoms with Crippen LogP contribution < -0.4 is 5.32 Å². The number of amides is 1. The van der Waals surface area contributed by atoms with E-state index in [2.05, 4.69) is 25.3 Å². The van der Waals surface area contributed by atoms with Crippen LogP contribution in [0.1, 0.15) is 10.5 Å². The Balaban J connectivity index is 1.64. The fourth-order valence-corrected chi connectivity index (χ4v) is 5.60. The first kappa shape index (κ1) is 17.6. The van der Waals surface area contributed by atoms with Crippen LogP contribution >= 0.6 is 57.5 Å². The molecule has 0 unspecified atom stereocenters. The molecule has 0 saturated heterocycles. The summed E-state index contributed by atoms with van der Waals surface area (Å²) in [5, 5.41) is 9.67. The average molecular weight is 436 g/mol. The van der Waals surface area contributed by atoms with Gasteiger partial charge in [-0.2, -0.15) is 0 Å². The second kappa shape index (κ2) is 8.27. The first-order chi connectivity index (χ1) is 12.8. The maximum absolute atomic E-state index is 12.8. The summed E-state index contributed by atoms with van der Waals surface area (Å²) in [6, 6.07) is 3.79. The van der Waals surface area contributed by atoms with E-state index >= 15 is 0 Å². The largest absolute Gasteiger partial charge is 0.296 e. The third-order valence-corrected chi connectivity index (χ3v) is 7.35. The Labute approximate surface area is 169 Å². The lowest BCUT2D eigenvalue weighted by molar-refractivity contribution is 0.101. The molecule has 130 valence electrons. The zero-order valence-electron chi connectivity index (χ0n) is 12.9. The highest BCUT2D eigenvalue weighted by Gasteiger charge is 2.18. The molecule has 26 heavy (non-hydrogen) atoms. The Morgan fingerprint density at radius 1 is 0.885 bits per heavy atom. The molecule has 4 aromatic heterocycles. The van der Waals surface area contributed by atoms with E-state index in [-0.39, 0.29) is 5.91 Å². The van der Waals surface area contributed by atoms with Crippen LogP contribution in [0.25, 0.3) is 0 Å². The standard InChI is InChI=1S/C15H9N5OS5/c21-12(20-13-16-3-6-22-13)11-9(25-14-17-4-7-23-14)1-2-10(19-11)26-15-18-5-8-24-15/h1-8H,(H,16,20,21). The van der Waals surface area contributed by atoms with Gasteiger partial charge in [0.2, 0.25) is 0 Å². The zero-order valence-corrected chi connectivity index (χ0v) is 16.9. The summed E-state index contributed by atoms with van der Waals surface area (Å²) in [6.45, 7) is 0. The third kappa shape index (κ3) is 4.30. The number of hydrogen-bond acceptors (Lipinski definition) is 10. The molecular formula is C15H9N5OS5. The molecule has 11 heteroatoms. The SMILES string of the molecule is O=C(Nc1nccs1)c1nc(Sc2nccs2)ccc1Sc1nccs1. The highest BCUT2D eigenvalue weighted by Crippen LogP contribution is 2.34. The third-order valence-electron chi connectivity index (χ3n) is 2.91. The number of rotatable bonds is 6. The van der Waals surface area contributed by atoms with Crippen LogP contribution in [0.15, 0.2) is 65.5 Å². The van der Waals surface area contributed by atoms with Crippen molar-refractivity contribution < 1.29 is 4.79 Å². The first-order valence-electron chi connectivity index (χ1n) is 7.14. The van der Waals surface area contributed by atoms with Crippen LogP contribution in [-0.2, 0) is 0 Å². The molecule has 0 aliphatic rings. The number of carbonyl (C=O) groups excluding carboxylic acids is 1. The van der Waals surface area contributed by atoms with Crippen LogP contribution in [0, 0.1) is 0 Å². The van der Waals surface area contributed by atoms with Gasteiger partial charge in [-0.25, -0.2) is 19.9 Å². The number of pyridine rings is 1. The van der Waals surface area contributed by atoms with E-state index in [1.165, 1.54) is 57.5 Å². The summed E-state index contributed by atoms with van der Waals surface area (Å²) >= 11 is 7.27. The zero-order chi connectivity index (χ0) is 17.8. The lowest BCUT2D eigenvalue weighted by atomic mass is 10.3. The molecule has 0 fully saturated rings. The number of nitrogens with one attached hydrogen (secondary N) is 1. The normalized spacial score (nSPS) is 10.8. The Hall–Kier alpha value is -1.79. The van der Waals surface area contributed by atoms with Crippen molar-refractivity contribution in [1.29, 1.82) is 0 Å². The fourth-order valence-electron chi connectivity index (χ4n) is 1.88. The van der Waals surface area contributed by atoms with Gasteiger partial charge in [-0.1, -0.05) is 11.8 Å². The summed E-state index contributed by atoms with van der Waals surface area (Å²) in [5.74, 6) is -0.291. The Bertz CT molecular complexity index is 986. The monoisotopic (exact) mass is 435 g/mol. The molecule has 0 bridgehead atoms. The minimum Gasteiger partial charge on any atom is -0.296 e. The van der Waals surface area contributed by atoms with Crippen LogP contribution in [0.5, 0.6) is 0 Å². The van der Waals surface area contributed by atoms with E-state index in [0.717, 1.165) is 13.6 Å². The summed E-state index contributed by atoms with van der Waals surface area (Å²) in [7, 11) is 0. The van der Waals surface area contributed by atoms with Crippen molar-refractivity contribution in [2.75, 3.05) is 5.32 Å². The topological polar surface area (TPSA) is 80.7 Å². The lowest BCUT2D eigenvalue weighted by Crippen LogP contribution is -2.15. The number of anilines is 1. The van der Waals surface area contributed by atoms with E-state index in [1.807, 2.05) is 28.3 Å². The van der Waals surface area contributed by atoms with E-state index in [0.29, 0.717) is 15.9 Å². The van der Waals surface area contributed by atoms with Gasteiger partial charge in [0.05, 0.1) is 0 Å². The van der Waals surface area contributed by atoms with Gasteiger partial charge in [0, 0.05) is 39.6 Å². The summed E-state index contributed by atoms with van der Waals surface area (Å²) in [4.78, 5) is 30.7. The van der Waals surface area contributed by atoms with Crippen molar-refractivity contribution in [2.45, 2.75) is 18.6 Å². The average Bonchev–Trinajstić information content (AvgIpc) is 3.39. The lowest BCUT2D eigenvalue weighted by Gasteiger charge is -2.08. The molecule has 0 aromatic carbocycles. The van der Waals surface area contributed by atoms with Crippen molar-refractivity contribution in [1.82, 2.24) is 19.9 Å². The molecule has 6 nitrogen and oxygen atoms in total. The van der Waals surface area contributed by atoms with Gasteiger partial charge in [0.25, 0.3) is 5.91 Å². The molecule has 0 saturated carbocycles. The quantitative estimate of drug-likeness (QED) is 0.456.